The molecular formula is C13H21BrN4O. The van der Waals surface area contributed by atoms with Crippen LogP contribution in [0.15, 0.2) is 21.6 Å². The predicted molar refractivity (Wildman–Crippen MR) is 80.0 cm³/mol. The molecule has 106 valence electrons. The summed E-state index contributed by atoms with van der Waals surface area (Å²) in [6, 6.07) is 0. The van der Waals surface area contributed by atoms with Crippen LogP contribution < -0.4 is 11.2 Å². The van der Waals surface area contributed by atoms with Crippen LogP contribution in [0.25, 0.3) is 0 Å². The van der Waals surface area contributed by atoms with E-state index in [1.165, 1.54) is 19.3 Å². The van der Waals surface area contributed by atoms with Crippen molar-refractivity contribution in [1.29, 1.82) is 0 Å². The summed E-state index contributed by atoms with van der Waals surface area (Å²) in [5, 5.41) is 9.55. The van der Waals surface area contributed by atoms with Gasteiger partial charge in [-0.15, -0.1) is 0 Å². The largest absolute Gasteiger partial charge is 0.425 e. The highest BCUT2D eigenvalue weighted by molar-refractivity contribution is 9.10. The normalized spacial score (nSPS) is 12.5. The van der Waals surface area contributed by atoms with Crippen molar-refractivity contribution >= 4 is 21.7 Å². The molecule has 0 saturated heterocycles. The number of unbranched alkanes of at least 4 members (excludes halogenated alkanes) is 3. The van der Waals surface area contributed by atoms with Gasteiger partial charge in [-0.3, -0.25) is 4.99 Å². The van der Waals surface area contributed by atoms with Crippen LogP contribution in [-0.4, -0.2) is 21.5 Å². The highest BCUT2D eigenvalue weighted by atomic mass is 79.9. The summed E-state index contributed by atoms with van der Waals surface area (Å²) in [5.74, 6) is 0.615. The number of halogens is 1. The van der Waals surface area contributed by atoms with E-state index in [1.54, 1.807) is 6.92 Å². The highest BCUT2D eigenvalue weighted by Gasteiger charge is 2.06. The van der Waals surface area contributed by atoms with Crippen molar-refractivity contribution in [3.63, 3.8) is 0 Å². The van der Waals surface area contributed by atoms with Crippen molar-refractivity contribution in [3.8, 4) is 0 Å². The Hall–Kier alpha value is -1.30. The van der Waals surface area contributed by atoms with Crippen LogP contribution in [0.4, 0.5) is 5.82 Å². The van der Waals surface area contributed by atoms with E-state index in [9.17, 15) is 5.21 Å². The average Bonchev–Trinajstić information content (AvgIpc) is 2.41. The van der Waals surface area contributed by atoms with E-state index in [2.05, 4.69) is 38.9 Å². The third-order valence-corrected chi connectivity index (χ3v) is 3.47. The standard InChI is InChI=1S/C13H21BrN4O/c1-3-4-5-6-7-8-9-16-13-11(14)12(15)18(19)10(2)17-13/h7-8,19H,3-6,9,15H2,1-2H3. The maximum Gasteiger partial charge on any atom is 0.167 e. The quantitative estimate of drug-likeness (QED) is 0.479. The third kappa shape index (κ3) is 4.70. The fraction of sp³-hybridized carbons (Fsp3) is 0.538. The molecule has 0 unspecified atom stereocenters. The van der Waals surface area contributed by atoms with E-state index >= 15 is 0 Å². The first-order valence-corrected chi connectivity index (χ1v) is 7.26. The molecule has 1 aromatic rings. The van der Waals surface area contributed by atoms with E-state index in [4.69, 9.17) is 5.73 Å². The Kier molecular flexibility index (Phi) is 6.62. The summed E-state index contributed by atoms with van der Waals surface area (Å²) in [6.07, 6.45) is 8.97. The Labute approximate surface area is 122 Å². The summed E-state index contributed by atoms with van der Waals surface area (Å²) in [4.78, 5) is 8.50. The molecule has 0 amide bonds. The number of aromatic nitrogens is 2. The van der Waals surface area contributed by atoms with Gasteiger partial charge in [-0.2, -0.15) is 4.73 Å². The SMILES string of the molecule is CCCCCC=CCN=c1nc(C)n(O)c(N)c1Br. The molecular weight excluding hydrogens is 308 g/mol. The molecule has 0 bridgehead atoms. The van der Waals surface area contributed by atoms with E-state index < -0.39 is 0 Å². The molecule has 0 atom stereocenters. The number of nitrogens with two attached hydrogens (primary N) is 1. The van der Waals surface area contributed by atoms with Crippen LogP contribution in [-0.2, 0) is 0 Å². The van der Waals surface area contributed by atoms with Crippen molar-refractivity contribution < 1.29 is 5.21 Å². The zero-order valence-electron chi connectivity index (χ0n) is 11.4. The number of anilines is 1. The Bertz CT molecular complexity index is 508. The van der Waals surface area contributed by atoms with Gasteiger partial charge in [-0.25, -0.2) is 4.98 Å². The first-order valence-electron chi connectivity index (χ1n) is 6.47. The van der Waals surface area contributed by atoms with Gasteiger partial charge in [0, 0.05) is 0 Å². The summed E-state index contributed by atoms with van der Waals surface area (Å²) < 4.78 is 1.35. The van der Waals surface area contributed by atoms with E-state index in [0.29, 0.717) is 22.3 Å². The molecule has 0 aliphatic heterocycles. The van der Waals surface area contributed by atoms with Gasteiger partial charge in [0.2, 0.25) is 0 Å². The molecule has 3 N–H and O–H groups in total. The van der Waals surface area contributed by atoms with Crippen LogP contribution in [0, 0.1) is 6.92 Å². The lowest BCUT2D eigenvalue weighted by atomic mass is 10.2. The molecule has 0 radical (unpaired) electrons. The molecule has 1 rings (SSSR count). The van der Waals surface area contributed by atoms with E-state index in [1.807, 2.05) is 6.08 Å². The van der Waals surface area contributed by atoms with Gasteiger partial charge >= 0.3 is 0 Å². The van der Waals surface area contributed by atoms with Gasteiger partial charge in [0.25, 0.3) is 0 Å². The molecule has 1 aromatic heterocycles. The second kappa shape index (κ2) is 7.99. The molecule has 0 aliphatic carbocycles. The number of aryl methyl sites for hydroxylation is 1. The maximum atomic E-state index is 9.55. The number of hydrogen-bond acceptors (Lipinski definition) is 4. The van der Waals surface area contributed by atoms with Gasteiger partial charge in [-0.05, 0) is 35.7 Å². The van der Waals surface area contributed by atoms with Gasteiger partial charge in [0.15, 0.2) is 11.3 Å². The Morgan fingerprint density at radius 3 is 2.84 bits per heavy atom. The van der Waals surface area contributed by atoms with Crippen molar-refractivity contribution in [3.05, 3.63) is 27.9 Å². The molecule has 1 heterocycles. The van der Waals surface area contributed by atoms with Gasteiger partial charge < -0.3 is 10.9 Å². The minimum Gasteiger partial charge on any atom is -0.425 e. The van der Waals surface area contributed by atoms with Crippen molar-refractivity contribution in [2.45, 2.75) is 39.5 Å². The van der Waals surface area contributed by atoms with Crippen LogP contribution in [0.3, 0.4) is 0 Å². The second-order valence-electron chi connectivity index (χ2n) is 4.30. The van der Waals surface area contributed by atoms with E-state index in [-0.39, 0.29) is 5.82 Å². The van der Waals surface area contributed by atoms with Gasteiger partial charge in [0.1, 0.15) is 10.3 Å². The van der Waals surface area contributed by atoms with Crippen molar-refractivity contribution in [2.75, 3.05) is 12.3 Å². The molecule has 0 spiro atoms. The lowest BCUT2D eigenvalue weighted by Gasteiger charge is -2.07. The summed E-state index contributed by atoms with van der Waals surface area (Å²) in [5.41, 5.74) is 6.23. The second-order valence-corrected chi connectivity index (χ2v) is 5.09. The number of nitrogen functional groups attached to an aromatic ring is 1. The predicted octanol–water partition coefficient (Wildman–Crippen LogP) is 2.81. The Balaban J connectivity index is 2.68. The zero-order valence-corrected chi connectivity index (χ0v) is 13.0. The Morgan fingerprint density at radius 2 is 2.16 bits per heavy atom. The monoisotopic (exact) mass is 328 g/mol. The van der Waals surface area contributed by atoms with Gasteiger partial charge in [0.05, 0.1) is 6.54 Å². The fourth-order valence-electron chi connectivity index (χ4n) is 1.58. The highest BCUT2D eigenvalue weighted by Crippen LogP contribution is 2.12. The summed E-state index contributed by atoms with van der Waals surface area (Å²) in [6.45, 7) is 4.42. The minimum absolute atomic E-state index is 0.207. The summed E-state index contributed by atoms with van der Waals surface area (Å²) in [7, 11) is 0. The first-order chi connectivity index (χ1) is 9.07. The van der Waals surface area contributed by atoms with Crippen LogP contribution in [0.5, 0.6) is 0 Å². The molecule has 19 heavy (non-hydrogen) atoms. The topological polar surface area (TPSA) is 76.4 Å². The molecule has 0 fully saturated rings. The number of allylic oxidation sites excluding steroid dienone is 1. The number of hydrogen-bond donors (Lipinski definition) is 2. The average molecular weight is 329 g/mol. The van der Waals surface area contributed by atoms with Crippen LogP contribution in [0.2, 0.25) is 0 Å². The van der Waals surface area contributed by atoms with Gasteiger partial charge in [-0.1, -0.05) is 31.9 Å². The molecule has 0 saturated carbocycles. The molecule has 0 aromatic carbocycles. The van der Waals surface area contributed by atoms with Crippen LogP contribution in [0.1, 0.15) is 38.4 Å². The zero-order chi connectivity index (χ0) is 14.3. The maximum absolute atomic E-state index is 9.55. The number of nitrogens with zero attached hydrogens (tertiary/aromatic N) is 3. The lowest BCUT2D eigenvalue weighted by Crippen LogP contribution is -2.20. The Morgan fingerprint density at radius 1 is 1.42 bits per heavy atom. The smallest absolute Gasteiger partial charge is 0.167 e. The molecule has 6 heteroatoms. The van der Waals surface area contributed by atoms with Crippen molar-refractivity contribution in [1.82, 2.24) is 9.71 Å². The lowest BCUT2D eigenvalue weighted by molar-refractivity contribution is 0.178. The van der Waals surface area contributed by atoms with E-state index in [0.717, 1.165) is 11.2 Å². The minimum atomic E-state index is 0.207. The van der Waals surface area contributed by atoms with Crippen LogP contribution >= 0.6 is 15.9 Å². The third-order valence-electron chi connectivity index (χ3n) is 2.71. The first kappa shape index (κ1) is 15.8. The molecule has 0 aliphatic rings. The number of rotatable bonds is 6. The fourth-order valence-corrected chi connectivity index (χ4v) is 1.96. The van der Waals surface area contributed by atoms with Crippen molar-refractivity contribution in [2.24, 2.45) is 4.99 Å². The molecule has 5 nitrogen and oxygen atoms in total. The summed E-state index contributed by atoms with van der Waals surface area (Å²) >= 11 is 3.28.